The Balaban J connectivity index is 1.41. The molecule has 2 aromatic heterocycles. The Labute approximate surface area is 203 Å². The molecule has 1 aromatic carbocycles. The third-order valence-corrected chi connectivity index (χ3v) is 7.15. The van der Waals surface area contributed by atoms with Crippen molar-refractivity contribution in [3.05, 3.63) is 47.7 Å². The minimum absolute atomic E-state index is 0.0151. The number of aromatic nitrogens is 2. The van der Waals surface area contributed by atoms with Crippen LogP contribution in [0.5, 0.6) is 0 Å². The van der Waals surface area contributed by atoms with Crippen LogP contribution in [0.2, 0.25) is 0 Å². The van der Waals surface area contributed by atoms with Gasteiger partial charge in [0, 0.05) is 50.0 Å². The van der Waals surface area contributed by atoms with E-state index in [9.17, 15) is 9.59 Å². The molecule has 0 unspecified atom stereocenters. The summed E-state index contributed by atoms with van der Waals surface area (Å²) in [7, 11) is 1.82. The van der Waals surface area contributed by atoms with Crippen molar-refractivity contribution in [3.8, 4) is 11.3 Å². The fourth-order valence-corrected chi connectivity index (χ4v) is 5.39. The molecule has 10 heteroatoms. The van der Waals surface area contributed by atoms with Crippen LogP contribution in [-0.4, -0.2) is 64.4 Å². The molecule has 180 valence electrons. The number of amides is 3. The molecule has 3 aromatic rings. The molecule has 5 heterocycles. The zero-order valence-corrected chi connectivity index (χ0v) is 19.6. The first-order chi connectivity index (χ1) is 17.0. The predicted molar refractivity (Wildman–Crippen MR) is 133 cm³/mol. The van der Waals surface area contributed by atoms with Crippen molar-refractivity contribution >= 4 is 34.3 Å². The van der Waals surface area contributed by atoms with E-state index in [0.29, 0.717) is 6.54 Å². The maximum absolute atomic E-state index is 13.5. The molecular formula is C25H28N8O2. The van der Waals surface area contributed by atoms with Gasteiger partial charge >= 0.3 is 6.03 Å². The van der Waals surface area contributed by atoms with Crippen LogP contribution in [0, 0.1) is 0 Å². The van der Waals surface area contributed by atoms with Gasteiger partial charge in [-0.05, 0) is 42.7 Å². The Morgan fingerprint density at radius 1 is 1.17 bits per heavy atom. The van der Waals surface area contributed by atoms with Crippen LogP contribution < -0.4 is 21.5 Å². The maximum Gasteiger partial charge on any atom is 0.324 e. The zero-order valence-electron chi connectivity index (χ0n) is 19.6. The van der Waals surface area contributed by atoms with Crippen molar-refractivity contribution in [3.63, 3.8) is 0 Å². The van der Waals surface area contributed by atoms with Gasteiger partial charge in [-0.2, -0.15) is 0 Å². The van der Waals surface area contributed by atoms with Gasteiger partial charge in [0.1, 0.15) is 5.52 Å². The van der Waals surface area contributed by atoms with E-state index in [1.807, 2.05) is 30.3 Å². The molecule has 0 atom stereocenters. The lowest BCUT2D eigenvalue weighted by atomic mass is 9.99. The van der Waals surface area contributed by atoms with E-state index >= 15 is 0 Å². The Morgan fingerprint density at radius 3 is 2.80 bits per heavy atom. The molecule has 3 aliphatic rings. The second-order valence-corrected chi connectivity index (χ2v) is 9.53. The Morgan fingerprint density at radius 2 is 2.00 bits per heavy atom. The molecule has 0 spiro atoms. The van der Waals surface area contributed by atoms with E-state index in [1.54, 1.807) is 4.90 Å². The number of carbonyl (C=O) groups excluding carboxylic acids is 2. The van der Waals surface area contributed by atoms with Gasteiger partial charge < -0.3 is 16.1 Å². The van der Waals surface area contributed by atoms with Crippen molar-refractivity contribution in [1.82, 2.24) is 25.2 Å². The summed E-state index contributed by atoms with van der Waals surface area (Å²) in [6.45, 7) is 2.94. The fraction of sp³-hybridized carbons (Fsp3) is 0.360. The molecule has 3 amide bonds. The molecule has 0 radical (unpaired) electrons. The number of hydrogen-bond acceptors (Lipinski definition) is 7. The predicted octanol–water partition coefficient (Wildman–Crippen LogP) is 2.05. The summed E-state index contributed by atoms with van der Waals surface area (Å²) in [5, 5.41) is 0. The highest BCUT2D eigenvalue weighted by molar-refractivity contribution is 6.04. The summed E-state index contributed by atoms with van der Waals surface area (Å²) in [6, 6.07) is 10.2. The molecule has 0 saturated carbocycles. The van der Waals surface area contributed by atoms with Crippen molar-refractivity contribution in [2.75, 3.05) is 37.0 Å². The number of carbonyl (C=O) groups is 2. The molecule has 35 heavy (non-hydrogen) atoms. The first-order valence-electron chi connectivity index (χ1n) is 11.9. The topological polar surface area (TPSA) is 120 Å². The SMILES string of the molecule is CN1Cc2cnc3ccc(-c4ccc5c(c4)CNN5)nc3c2N(C2CCN(CC(N)=O)CC2)C1=O. The molecular weight excluding hydrogens is 444 g/mol. The van der Waals surface area contributed by atoms with Crippen LogP contribution >= 0.6 is 0 Å². The van der Waals surface area contributed by atoms with Gasteiger partial charge in [-0.15, -0.1) is 0 Å². The summed E-state index contributed by atoms with van der Waals surface area (Å²) in [4.78, 5) is 40.2. The average molecular weight is 473 g/mol. The van der Waals surface area contributed by atoms with E-state index in [2.05, 4.69) is 38.9 Å². The summed E-state index contributed by atoms with van der Waals surface area (Å²) in [5.41, 5.74) is 19.2. The summed E-state index contributed by atoms with van der Waals surface area (Å²) >= 11 is 0. The van der Waals surface area contributed by atoms with Crippen LogP contribution in [0.3, 0.4) is 0 Å². The number of nitrogens with one attached hydrogen (secondary N) is 2. The standard InChI is InChI=1S/C25H28N8O2/c1-31-13-17-11-27-21-5-4-19(15-2-3-20-16(10-15)12-28-30-20)29-23(21)24(17)33(25(31)35)18-6-8-32(9-7-18)14-22(26)34/h2-5,10-11,18,28,30H,6-9,12-14H2,1H3,(H2,26,34). The molecule has 10 nitrogen and oxygen atoms in total. The quantitative estimate of drug-likeness (QED) is 0.532. The van der Waals surface area contributed by atoms with Crippen LogP contribution in [0.1, 0.15) is 24.0 Å². The number of pyridine rings is 2. The lowest BCUT2D eigenvalue weighted by molar-refractivity contribution is -0.119. The van der Waals surface area contributed by atoms with Crippen molar-refractivity contribution in [2.45, 2.75) is 32.0 Å². The molecule has 6 rings (SSSR count). The number of nitrogens with zero attached hydrogens (tertiary/aromatic N) is 5. The Bertz CT molecular complexity index is 1330. The number of piperidine rings is 1. The van der Waals surface area contributed by atoms with Gasteiger partial charge in [0.2, 0.25) is 5.91 Å². The lowest BCUT2D eigenvalue weighted by Crippen LogP contribution is -2.54. The maximum atomic E-state index is 13.5. The van der Waals surface area contributed by atoms with Gasteiger partial charge in [0.25, 0.3) is 0 Å². The number of anilines is 2. The first-order valence-corrected chi connectivity index (χ1v) is 11.9. The number of likely N-dealkylation sites (tertiary alicyclic amines) is 1. The van der Waals surface area contributed by atoms with E-state index in [1.165, 1.54) is 5.56 Å². The highest BCUT2D eigenvalue weighted by atomic mass is 16.2. The summed E-state index contributed by atoms with van der Waals surface area (Å²) < 4.78 is 0. The number of benzene rings is 1. The van der Waals surface area contributed by atoms with Gasteiger partial charge in [-0.25, -0.2) is 15.2 Å². The second-order valence-electron chi connectivity index (χ2n) is 9.53. The number of hydrogen-bond donors (Lipinski definition) is 3. The summed E-state index contributed by atoms with van der Waals surface area (Å²) in [5.74, 6) is -0.325. The fourth-order valence-electron chi connectivity index (χ4n) is 5.39. The van der Waals surface area contributed by atoms with E-state index in [4.69, 9.17) is 10.7 Å². The third kappa shape index (κ3) is 3.84. The highest BCUT2D eigenvalue weighted by Gasteiger charge is 2.37. The molecule has 1 fully saturated rings. The number of hydrazine groups is 1. The number of primary amides is 1. The Hall–Kier alpha value is -3.76. The highest BCUT2D eigenvalue weighted by Crippen LogP contribution is 2.38. The van der Waals surface area contributed by atoms with Gasteiger partial charge in [-0.1, -0.05) is 6.07 Å². The van der Waals surface area contributed by atoms with Crippen LogP contribution in [0.4, 0.5) is 16.2 Å². The average Bonchev–Trinajstić information content (AvgIpc) is 3.33. The van der Waals surface area contributed by atoms with E-state index in [0.717, 1.165) is 71.7 Å². The largest absolute Gasteiger partial charge is 0.369 e. The molecule has 3 aliphatic heterocycles. The van der Waals surface area contributed by atoms with Crippen molar-refractivity contribution in [1.29, 1.82) is 0 Å². The minimum atomic E-state index is -0.325. The van der Waals surface area contributed by atoms with Gasteiger partial charge in [0.05, 0.1) is 35.7 Å². The Kier molecular flexibility index (Phi) is 5.27. The summed E-state index contributed by atoms with van der Waals surface area (Å²) in [6.07, 6.45) is 3.39. The zero-order chi connectivity index (χ0) is 24.1. The first kappa shape index (κ1) is 21.8. The van der Waals surface area contributed by atoms with E-state index < -0.39 is 0 Å². The molecule has 1 saturated heterocycles. The lowest BCUT2D eigenvalue weighted by Gasteiger charge is -2.43. The third-order valence-electron chi connectivity index (χ3n) is 7.15. The van der Waals surface area contributed by atoms with Crippen LogP contribution in [-0.2, 0) is 17.9 Å². The second kappa shape index (κ2) is 8.47. The smallest absolute Gasteiger partial charge is 0.324 e. The minimum Gasteiger partial charge on any atom is -0.369 e. The number of urea groups is 1. The van der Waals surface area contributed by atoms with Gasteiger partial charge in [-0.3, -0.25) is 19.6 Å². The van der Waals surface area contributed by atoms with Crippen LogP contribution in [0.15, 0.2) is 36.5 Å². The monoisotopic (exact) mass is 472 g/mol. The molecule has 0 bridgehead atoms. The van der Waals surface area contributed by atoms with E-state index in [-0.39, 0.29) is 24.5 Å². The van der Waals surface area contributed by atoms with Gasteiger partial charge in [0.15, 0.2) is 0 Å². The van der Waals surface area contributed by atoms with Crippen molar-refractivity contribution < 1.29 is 9.59 Å². The molecule has 4 N–H and O–H groups in total. The molecule has 0 aliphatic carbocycles. The van der Waals surface area contributed by atoms with Crippen LogP contribution in [0.25, 0.3) is 22.3 Å². The number of rotatable bonds is 4. The van der Waals surface area contributed by atoms with Crippen molar-refractivity contribution in [2.24, 2.45) is 5.73 Å². The number of fused-ring (bicyclic) bond motifs is 4. The number of nitrogens with two attached hydrogens (primary N) is 1. The normalized spacial score (nSPS) is 18.5.